The number of hydrazine groups is 1. The third-order valence-corrected chi connectivity index (χ3v) is 2.92. The molecule has 0 aromatic heterocycles. The standard InChI is InChI=1S/C9H18N4/c1-11-9(13-10)12-8(6-2-3-6)7-4-5-7/h6-8H,2-5,10H2,1H3,(H2,11,12,13). The van der Waals surface area contributed by atoms with Gasteiger partial charge in [-0.1, -0.05) is 0 Å². The average Bonchev–Trinajstić information content (AvgIpc) is 3.01. The van der Waals surface area contributed by atoms with Crippen molar-refractivity contribution in [3.05, 3.63) is 0 Å². The van der Waals surface area contributed by atoms with E-state index in [4.69, 9.17) is 5.84 Å². The first-order valence-corrected chi connectivity index (χ1v) is 5.05. The highest BCUT2D eigenvalue weighted by Gasteiger charge is 2.41. The van der Waals surface area contributed by atoms with Gasteiger partial charge in [0.05, 0.1) is 0 Å². The number of hydrogen-bond donors (Lipinski definition) is 3. The first-order valence-electron chi connectivity index (χ1n) is 5.05. The molecule has 0 aromatic rings. The smallest absolute Gasteiger partial charge is 0.205 e. The summed E-state index contributed by atoms with van der Waals surface area (Å²) in [5.74, 6) is 7.80. The Kier molecular flexibility index (Phi) is 2.40. The van der Waals surface area contributed by atoms with E-state index in [1.807, 2.05) is 0 Å². The zero-order chi connectivity index (χ0) is 9.26. The van der Waals surface area contributed by atoms with Crippen LogP contribution in [-0.2, 0) is 0 Å². The molecule has 0 radical (unpaired) electrons. The highest BCUT2D eigenvalue weighted by molar-refractivity contribution is 5.79. The molecule has 2 rings (SSSR count). The lowest BCUT2D eigenvalue weighted by Crippen LogP contribution is -2.48. The molecule has 0 bridgehead atoms. The van der Waals surface area contributed by atoms with E-state index in [9.17, 15) is 0 Å². The summed E-state index contributed by atoms with van der Waals surface area (Å²) in [6, 6.07) is 0.620. The van der Waals surface area contributed by atoms with Crippen LogP contribution in [0.3, 0.4) is 0 Å². The van der Waals surface area contributed by atoms with Gasteiger partial charge < -0.3 is 5.32 Å². The van der Waals surface area contributed by atoms with E-state index in [2.05, 4.69) is 15.7 Å². The van der Waals surface area contributed by atoms with Crippen LogP contribution in [-0.4, -0.2) is 19.0 Å². The Morgan fingerprint density at radius 1 is 1.31 bits per heavy atom. The van der Waals surface area contributed by atoms with Crippen LogP contribution in [0.1, 0.15) is 25.7 Å². The molecule has 74 valence electrons. The number of hydrogen-bond acceptors (Lipinski definition) is 2. The second-order valence-electron chi connectivity index (χ2n) is 4.06. The minimum absolute atomic E-state index is 0.620. The summed E-state index contributed by atoms with van der Waals surface area (Å²) in [5, 5.41) is 3.39. The van der Waals surface area contributed by atoms with Crippen LogP contribution >= 0.6 is 0 Å². The molecule has 2 fully saturated rings. The lowest BCUT2D eigenvalue weighted by molar-refractivity contribution is 0.476. The molecule has 13 heavy (non-hydrogen) atoms. The Balaban J connectivity index is 1.88. The van der Waals surface area contributed by atoms with Gasteiger partial charge in [-0.2, -0.15) is 0 Å². The van der Waals surface area contributed by atoms with Crippen molar-refractivity contribution >= 4 is 5.96 Å². The highest BCUT2D eigenvalue weighted by atomic mass is 15.3. The van der Waals surface area contributed by atoms with Gasteiger partial charge in [0.2, 0.25) is 5.96 Å². The molecular weight excluding hydrogens is 164 g/mol. The molecule has 0 aromatic carbocycles. The van der Waals surface area contributed by atoms with Gasteiger partial charge in [0.1, 0.15) is 0 Å². The maximum absolute atomic E-state index is 5.33. The Bertz CT molecular complexity index is 194. The van der Waals surface area contributed by atoms with Crippen LogP contribution in [0.4, 0.5) is 0 Å². The fraction of sp³-hybridized carbons (Fsp3) is 0.889. The van der Waals surface area contributed by atoms with E-state index >= 15 is 0 Å². The average molecular weight is 182 g/mol. The lowest BCUT2D eigenvalue weighted by atomic mass is 10.1. The van der Waals surface area contributed by atoms with Crippen LogP contribution in [0, 0.1) is 11.8 Å². The summed E-state index contributed by atoms with van der Waals surface area (Å²) in [5.41, 5.74) is 2.59. The van der Waals surface area contributed by atoms with E-state index in [1.165, 1.54) is 25.7 Å². The number of aliphatic imine (C=N–C) groups is 1. The molecule has 2 aliphatic rings. The fourth-order valence-corrected chi connectivity index (χ4v) is 1.86. The molecule has 0 heterocycles. The van der Waals surface area contributed by atoms with E-state index in [-0.39, 0.29) is 0 Å². The van der Waals surface area contributed by atoms with E-state index in [0.29, 0.717) is 6.04 Å². The molecule has 4 heteroatoms. The number of nitrogens with one attached hydrogen (secondary N) is 2. The summed E-state index contributed by atoms with van der Waals surface area (Å²) in [4.78, 5) is 4.04. The number of rotatable bonds is 3. The van der Waals surface area contributed by atoms with Crippen LogP contribution < -0.4 is 16.6 Å². The van der Waals surface area contributed by atoms with E-state index < -0.39 is 0 Å². The predicted molar refractivity (Wildman–Crippen MR) is 53.1 cm³/mol. The predicted octanol–water partition coefficient (Wildman–Crippen LogP) is 0.214. The summed E-state index contributed by atoms with van der Waals surface area (Å²) in [7, 11) is 1.75. The molecular formula is C9H18N4. The molecule has 2 saturated carbocycles. The summed E-state index contributed by atoms with van der Waals surface area (Å²) < 4.78 is 0. The van der Waals surface area contributed by atoms with Crippen molar-refractivity contribution in [1.82, 2.24) is 10.7 Å². The molecule has 0 amide bonds. The van der Waals surface area contributed by atoms with Crippen molar-refractivity contribution in [1.29, 1.82) is 0 Å². The fourth-order valence-electron chi connectivity index (χ4n) is 1.86. The van der Waals surface area contributed by atoms with Crippen LogP contribution in [0.5, 0.6) is 0 Å². The van der Waals surface area contributed by atoms with Crippen molar-refractivity contribution < 1.29 is 0 Å². The SMILES string of the molecule is CN=C(NN)NC(C1CC1)C1CC1. The van der Waals surface area contributed by atoms with Crippen molar-refractivity contribution in [3.8, 4) is 0 Å². The highest BCUT2D eigenvalue weighted by Crippen LogP contribution is 2.44. The second kappa shape index (κ2) is 3.54. The van der Waals surface area contributed by atoms with Crippen molar-refractivity contribution in [2.75, 3.05) is 7.05 Å². The van der Waals surface area contributed by atoms with Crippen LogP contribution in [0.15, 0.2) is 4.99 Å². The topological polar surface area (TPSA) is 62.4 Å². The van der Waals surface area contributed by atoms with E-state index in [0.717, 1.165) is 17.8 Å². The van der Waals surface area contributed by atoms with E-state index in [1.54, 1.807) is 7.05 Å². The molecule has 4 N–H and O–H groups in total. The van der Waals surface area contributed by atoms with Gasteiger partial charge in [-0.15, -0.1) is 0 Å². The summed E-state index contributed by atoms with van der Waals surface area (Å²) >= 11 is 0. The zero-order valence-corrected chi connectivity index (χ0v) is 8.09. The largest absolute Gasteiger partial charge is 0.352 e. The molecule has 0 aliphatic heterocycles. The van der Waals surface area contributed by atoms with Gasteiger partial charge in [0, 0.05) is 13.1 Å². The summed E-state index contributed by atoms with van der Waals surface area (Å²) in [6.07, 6.45) is 5.48. The Hall–Kier alpha value is -0.770. The van der Waals surface area contributed by atoms with Crippen LogP contribution in [0.2, 0.25) is 0 Å². The maximum Gasteiger partial charge on any atom is 0.205 e. The monoisotopic (exact) mass is 182 g/mol. The second-order valence-corrected chi connectivity index (χ2v) is 4.06. The first kappa shape index (κ1) is 8.81. The third kappa shape index (κ3) is 2.12. The molecule has 0 saturated heterocycles. The number of nitrogens with two attached hydrogens (primary N) is 1. The van der Waals surface area contributed by atoms with Crippen LogP contribution in [0.25, 0.3) is 0 Å². The summed E-state index contributed by atoms with van der Waals surface area (Å²) in [6.45, 7) is 0. The Morgan fingerprint density at radius 3 is 2.15 bits per heavy atom. The zero-order valence-electron chi connectivity index (χ0n) is 8.09. The first-order chi connectivity index (χ1) is 6.35. The lowest BCUT2D eigenvalue weighted by Gasteiger charge is -2.19. The normalized spacial score (nSPS) is 23.5. The van der Waals surface area contributed by atoms with Gasteiger partial charge in [0.15, 0.2) is 0 Å². The minimum Gasteiger partial charge on any atom is -0.352 e. The van der Waals surface area contributed by atoms with Crippen molar-refractivity contribution in [2.45, 2.75) is 31.7 Å². The van der Waals surface area contributed by atoms with Gasteiger partial charge >= 0.3 is 0 Å². The molecule has 0 atom stereocenters. The van der Waals surface area contributed by atoms with Gasteiger partial charge in [0.25, 0.3) is 0 Å². The van der Waals surface area contributed by atoms with Gasteiger partial charge in [-0.05, 0) is 37.5 Å². The number of nitrogens with zero attached hydrogens (tertiary/aromatic N) is 1. The molecule has 2 aliphatic carbocycles. The third-order valence-electron chi connectivity index (χ3n) is 2.92. The molecule has 4 nitrogen and oxygen atoms in total. The van der Waals surface area contributed by atoms with Crippen molar-refractivity contribution in [2.24, 2.45) is 22.7 Å². The van der Waals surface area contributed by atoms with Gasteiger partial charge in [-0.25, -0.2) is 5.84 Å². The quantitative estimate of drug-likeness (QED) is 0.253. The number of guanidine groups is 1. The minimum atomic E-state index is 0.620. The Labute approximate surface area is 79.0 Å². The van der Waals surface area contributed by atoms with Crippen molar-refractivity contribution in [3.63, 3.8) is 0 Å². The maximum atomic E-state index is 5.33. The molecule has 0 unspecified atom stereocenters. The van der Waals surface area contributed by atoms with Gasteiger partial charge in [-0.3, -0.25) is 10.4 Å². The molecule has 0 spiro atoms. The Morgan fingerprint density at radius 2 is 1.85 bits per heavy atom.